The number of benzene rings is 1. The van der Waals surface area contributed by atoms with Crippen LogP contribution in [0.5, 0.6) is 0 Å². The van der Waals surface area contributed by atoms with Gasteiger partial charge in [-0.25, -0.2) is 0 Å². The lowest BCUT2D eigenvalue weighted by atomic mass is 10.1. The maximum atomic E-state index is 11.8. The highest BCUT2D eigenvalue weighted by molar-refractivity contribution is 6.07. The number of methoxy groups -OCH3 is 2. The van der Waals surface area contributed by atoms with E-state index in [1.54, 1.807) is 0 Å². The number of rotatable bonds is 6. The van der Waals surface area contributed by atoms with Crippen LogP contribution in [-0.4, -0.2) is 35.3 Å². The van der Waals surface area contributed by atoms with Crippen molar-refractivity contribution in [2.45, 2.75) is 0 Å². The quantitative estimate of drug-likeness (QED) is 0.446. The minimum absolute atomic E-state index is 0.0483. The van der Waals surface area contributed by atoms with Crippen molar-refractivity contribution in [1.82, 2.24) is 0 Å². The molecule has 2 rings (SSSR count). The summed E-state index contributed by atoms with van der Waals surface area (Å²) in [4.78, 5) is 22.2. The molecule has 0 heterocycles. The monoisotopic (exact) mass is 362 g/mol. The highest BCUT2D eigenvalue weighted by atomic mass is 16.8. The third-order valence-electron chi connectivity index (χ3n) is 3.24. The van der Waals surface area contributed by atoms with Crippen molar-refractivity contribution < 1.29 is 29.6 Å². The Labute approximate surface area is 146 Å². The number of nitro groups is 1. The van der Waals surface area contributed by atoms with E-state index >= 15 is 0 Å². The Kier molecular flexibility index (Phi) is 5.78. The molecular formula is C15H14N4O7. The number of carbonyl (C=O) groups is 1. The average molecular weight is 362 g/mol. The first kappa shape index (κ1) is 18.8. The zero-order valence-corrected chi connectivity index (χ0v) is 13.7. The number of ketones is 1. The maximum absolute atomic E-state index is 11.8. The minimum atomic E-state index is -0.736. The molecule has 0 aromatic heterocycles. The van der Waals surface area contributed by atoms with Crippen LogP contribution in [-0.2, 0) is 14.3 Å². The van der Waals surface area contributed by atoms with Crippen molar-refractivity contribution in [3.8, 4) is 0 Å². The summed E-state index contributed by atoms with van der Waals surface area (Å²) in [6.07, 6.45) is 4.08. The second kappa shape index (κ2) is 8.00. The van der Waals surface area contributed by atoms with Crippen LogP contribution in [0.2, 0.25) is 0 Å². The van der Waals surface area contributed by atoms with E-state index in [0.29, 0.717) is 5.57 Å². The van der Waals surface area contributed by atoms with E-state index in [1.165, 1.54) is 44.7 Å². The van der Waals surface area contributed by atoms with Crippen molar-refractivity contribution in [2.75, 3.05) is 19.4 Å². The number of nitro benzene ring substituents is 1. The summed E-state index contributed by atoms with van der Waals surface area (Å²) in [7, 11) is 2.66. The van der Waals surface area contributed by atoms with Crippen LogP contribution in [0.4, 0.5) is 17.1 Å². The van der Waals surface area contributed by atoms with Crippen LogP contribution in [0, 0.1) is 10.1 Å². The van der Waals surface area contributed by atoms with Gasteiger partial charge in [-0.15, -0.1) is 10.3 Å². The molecule has 1 aliphatic rings. The molecule has 0 fully saturated rings. The summed E-state index contributed by atoms with van der Waals surface area (Å²) in [5.74, 6) is -0.327. The number of anilines is 1. The molecule has 0 saturated carbocycles. The summed E-state index contributed by atoms with van der Waals surface area (Å²) in [5, 5.41) is 36.2. The molecule has 0 amide bonds. The van der Waals surface area contributed by atoms with Crippen LogP contribution in [0.3, 0.4) is 0 Å². The first-order valence-corrected chi connectivity index (χ1v) is 7.00. The number of hydrogen-bond donors (Lipinski definition) is 2. The van der Waals surface area contributed by atoms with E-state index in [0.717, 1.165) is 6.07 Å². The first-order chi connectivity index (χ1) is 12.4. The molecule has 0 bridgehead atoms. The topological polar surface area (TPSA) is 147 Å². The van der Waals surface area contributed by atoms with Gasteiger partial charge in [0.1, 0.15) is 5.69 Å². The normalized spacial score (nSPS) is 14.0. The van der Waals surface area contributed by atoms with Crippen molar-refractivity contribution in [1.29, 1.82) is 0 Å². The van der Waals surface area contributed by atoms with E-state index < -0.39 is 16.4 Å². The lowest BCUT2D eigenvalue weighted by Crippen LogP contribution is -2.13. The molecule has 11 heteroatoms. The van der Waals surface area contributed by atoms with Crippen molar-refractivity contribution in [3.63, 3.8) is 0 Å². The number of azo groups is 1. The number of hydrogen-bond acceptors (Lipinski definition) is 10. The zero-order valence-electron chi connectivity index (χ0n) is 13.7. The lowest BCUT2D eigenvalue weighted by molar-refractivity contribution is -0.384. The van der Waals surface area contributed by atoms with Gasteiger partial charge in [0.25, 0.3) is 11.5 Å². The summed E-state index contributed by atoms with van der Waals surface area (Å²) in [6, 6.07) is 3.33. The van der Waals surface area contributed by atoms with Gasteiger partial charge in [-0.2, -0.15) is 5.11 Å². The number of Topliss-reactive ketones (excluding diaryl/α,β-unsaturated/α-hetero) is 1. The Morgan fingerprint density at radius 1 is 1.19 bits per heavy atom. The number of ether oxygens (including phenoxy) is 2. The van der Waals surface area contributed by atoms with E-state index in [9.17, 15) is 14.9 Å². The Morgan fingerprint density at radius 2 is 1.81 bits per heavy atom. The van der Waals surface area contributed by atoms with Crippen LogP contribution in [0.1, 0.15) is 0 Å². The van der Waals surface area contributed by atoms with E-state index in [-0.39, 0.29) is 28.1 Å². The molecule has 0 unspecified atom stereocenters. The van der Waals surface area contributed by atoms with Gasteiger partial charge in [-0.1, -0.05) is 0 Å². The molecule has 0 radical (unpaired) electrons. The predicted molar refractivity (Wildman–Crippen MR) is 86.9 cm³/mol. The Morgan fingerprint density at radius 3 is 2.31 bits per heavy atom. The molecule has 0 atom stereocenters. The minimum Gasteiger partial charge on any atom is -0.492 e. The van der Waals surface area contributed by atoms with Gasteiger partial charge < -0.3 is 9.47 Å². The molecule has 26 heavy (non-hydrogen) atoms. The molecule has 0 aliphatic heterocycles. The number of nitrogens with zero attached hydrogens (tertiary/aromatic N) is 4. The van der Waals surface area contributed by atoms with Crippen LogP contribution in [0.15, 0.2) is 63.9 Å². The second-order valence-electron chi connectivity index (χ2n) is 4.82. The largest absolute Gasteiger partial charge is 0.492 e. The highest BCUT2D eigenvalue weighted by Gasteiger charge is 2.21. The van der Waals surface area contributed by atoms with Crippen LogP contribution >= 0.6 is 0 Å². The van der Waals surface area contributed by atoms with Crippen molar-refractivity contribution in [3.05, 3.63) is 63.8 Å². The fourth-order valence-corrected chi connectivity index (χ4v) is 2.00. The van der Waals surface area contributed by atoms with Gasteiger partial charge in [0.05, 0.1) is 25.3 Å². The lowest BCUT2D eigenvalue weighted by Gasteiger charge is -2.12. The third kappa shape index (κ3) is 4.09. The fraction of sp³-hybridized carbons (Fsp3) is 0.133. The molecule has 0 spiro atoms. The maximum Gasteiger partial charge on any atom is 0.298 e. The third-order valence-corrected chi connectivity index (χ3v) is 3.24. The Bertz CT molecular complexity index is 830. The second-order valence-corrected chi connectivity index (χ2v) is 4.82. The zero-order chi connectivity index (χ0) is 19.3. The first-order valence-electron chi connectivity index (χ1n) is 7.00. The van der Waals surface area contributed by atoms with Gasteiger partial charge >= 0.3 is 0 Å². The van der Waals surface area contributed by atoms with E-state index in [1.807, 2.05) is 0 Å². The molecule has 1 aromatic carbocycles. The average Bonchev–Trinajstić information content (AvgIpc) is 2.62. The number of carbonyl (C=O) groups excluding carboxylic acids is 1. The summed E-state index contributed by atoms with van der Waals surface area (Å²) in [6.45, 7) is 0. The van der Waals surface area contributed by atoms with Gasteiger partial charge in [0.15, 0.2) is 17.2 Å². The van der Waals surface area contributed by atoms with Gasteiger partial charge in [0.2, 0.25) is 0 Å². The van der Waals surface area contributed by atoms with Gasteiger partial charge in [0, 0.05) is 11.6 Å². The molecule has 136 valence electrons. The van der Waals surface area contributed by atoms with Crippen LogP contribution < -0.4 is 5.23 Å². The fourth-order valence-electron chi connectivity index (χ4n) is 2.00. The van der Waals surface area contributed by atoms with E-state index in [4.69, 9.17) is 19.9 Å². The molecular weight excluding hydrogens is 348 g/mol. The molecule has 1 aliphatic carbocycles. The molecule has 1 aromatic rings. The smallest absolute Gasteiger partial charge is 0.298 e. The van der Waals surface area contributed by atoms with Crippen molar-refractivity contribution >= 4 is 22.8 Å². The van der Waals surface area contributed by atoms with Crippen LogP contribution in [0.25, 0.3) is 0 Å². The predicted octanol–water partition coefficient (Wildman–Crippen LogP) is 2.79. The summed E-state index contributed by atoms with van der Waals surface area (Å²) in [5.41, 5.74) is -0.354. The molecule has 0 saturated heterocycles. The highest BCUT2D eigenvalue weighted by Crippen LogP contribution is 2.31. The Hall–Kier alpha value is -3.57. The summed E-state index contributed by atoms with van der Waals surface area (Å²) < 4.78 is 9.91. The molecule has 2 N–H and O–H groups in total. The standard InChI is InChI=1S/C15H14N4O7/c1-25-13-5-9(6-14(26-2)15(13)20)8-16-17-11-4-3-10(18(21)22)7-12(11)19(23)24/h3-8,21-22H,1-2H3. The molecule has 11 nitrogen and oxygen atoms in total. The van der Waals surface area contributed by atoms with Crippen molar-refractivity contribution in [2.24, 2.45) is 10.2 Å². The van der Waals surface area contributed by atoms with Gasteiger partial charge in [-0.05, 0) is 24.3 Å². The van der Waals surface area contributed by atoms with E-state index in [2.05, 4.69) is 10.2 Å². The SMILES string of the molecule is COC1=CC(=CN=Nc2ccc(N(O)O)cc2[N+](=O)[O-])C=C(OC)C1=O. The number of allylic oxidation sites excluding steroid dienone is 3. The summed E-state index contributed by atoms with van der Waals surface area (Å²) >= 11 is 0. The Balaban J connectivity index is 2.34. The van der Waals surface area contributed by atoms with Gasteiger partial charge in [-0.3, -0.25) is 25.3 Å².